The number of carbonyl (C=O) groups excluding carboxylic acids is 3. The highest BCUT2D eigenvalue weighted by Gasteiger charge is 2.30. The zero-order valence-corrected chi connectivity index (χ0v) is 13.0. The van der Waals surface area contributed by atoms with Crippen LogP contribution in [0.1, 0.15) is 6.42 Å². The highest BCUT2D eigenvalue weighted by molar-refractivity contribution is 5.95. The zero-order valence-electron chi connectivity index (χ0n) is 13.0. The van der Waals surface area contributed by atoms with Crippen LogP contribution in [0, 0.1) is 0 Å². The van der Waals surface area contributed by atoms with Gasteiger partial charge < -0.3 is 42.1 Å². The molecule has 0 saturated carbocycles. The Bertz CT molecular complexity index is 525. The molecule has 3 amide bonds. The Morgan fingerprint density at radius 1 is 0.800 bits per heavy atom. The molecule has 13 nitrogen and oxygen atoms in total. The maximum absolute atomic E-state index is 11.9. The molecule has 0 rings (SSSR count). The number of nitrogens with two attached hydrogens (primary N) is 1. The lowest BCUT2D eigenvalue weighted by atomic mass is 10.1. The van der Waals surface area contributed by atoms with E-state index < -0.39 is 74.0 Å². The first-order chi connectivity index (χ1) is 11.7. The Morgan fingerprint density at radius 2 is 1.28 bits per heavy atom. The molecule has 0 radical (unpaired) electrons. The van der Waals surface area contributed by atoms with Crippen molar-refractivity contribution in [3.63, 3.8) is 0 Å². The standard InChI is InChI=1S/C12H20N4O9/c13-2-8(19)14-6(3-17)11(23)15-5(1-9(20)21)10(22)16-7(4-18)12(24)25/h5-7,17-18H,1-4,13H2,(H,14,19)(H,15,23)(H,16,22)(H,20,21)(H,24,25). The largest absolute Gasteiger partial charge is 0.481 e. The minimum Gasteiger partial charge on any atom is -0.481 e. The van der Waals surface area contributed by atoms with E-state index in [0.29, 0.717) is 0 Å². The van der Waals surface area contributed by atoms with Crippen molar-refractivity contribution in [3.05, 3.63) is 0 Å². The quantitative estimate of drug-likeness (QED) is 0.174. The van der Waals surface area contributed by atoms with E-state index in [0.717, 1.165) is 0 Å². The van der Waals surface area contributed by atoms with Gasteiger partial charge in [0, 0.05) is 0 Å². The first kappa shape index (κ1) is 22.2. The summed E-state index contributed by atoms with van der Waals surface area (Å²) in [5.41, 5.74) is 5.04. The van der Waals surface area contributed by atoms with Gasteiger partial charge in [-0.05, 0) is 0 Å². The summed E-state index contributed by atoms with van der Waals surface area (Å²) in [4.78, 5) is 56.6. The number of amides is 3. The molecule has 0 aliphatic carbocycles. The van der Waals surface area contributed by atoms with Crippen molar-refractivity contribution in [2.24, 2.45) is 5.73 Å². The maximum atomic E-state index is 11.9. The third-order valence-corrected chi connectivity index (χ3v) is 2.83. The number of nitrogens with one attached hydrogen (secondary N) is 3. The molecule has 0 aliphatic heterocycles. The van der Waals surface area contributed by atoms with E-state index in [4.69, 9.17) is 26.2 Å². The average molecular weight is 364 g/mol. The highest BCUT2D eigenvalue weighted by Crippen LogP contribution is 1.97. The van der Waals surface area contributed by atoms with Gasteiger partial charge in [0.2, 0.25) is 17.7 Å². The summed E-state index contributed by atoms with van der Waals surface area (Å²) in [6.07, 6.45) is -0.904. The fourth-order valence-electron chi connectivity index (χ4n) is 1.56. The fourth-order valence-corrected chi connectivity index (χ4v) is 1.56. The van der Waals surface area contributed by atoms with Gasteiger partial charge in [0.05, 0.1) is 26.2 Å². The molecule has 25 heavy (non-hydrogen) atoms. The van der Waals surface area contributed by atoms with Crippen LogP contribution in [-0.4, -0.2) is 88.0 Å². The summed E-state index contributed by atoms with van der Waals surface area (Å²) in [6.45, 7) is -2.28. The molecule has 142 valence electrons. The lowest BCUT2D eigenvalue weighted by molar-refractivity contribution is -0.144. The summed E-state index contributed by atoms with van der Waals surface area (Å²) in [7, 11) is 0. The number of rotatable bonds is 11. The minimum absolute atomic E-state index is 0.473. The maximum Gasteiger partial charge on any atom is 0.328 e. The molecule has 13 heteroatoms. The Kier molecular flexibility index (Phi) is 9.69. The van der Waals surface area contributed by atoms with E-state index in [2.05, 4.69) is 0 Å². The SMILES string of the molecule is NCC(=O)NC(CO)C(=O)NC(CC(=O)O)C(=O)NC(CO)C(=O)O. The lowest BCUT2D eigenvalue weighted by Crippen LogP contribution is -2.57. The summed E-state index contributed by atoms with van der Waals surface area (Å²) in [5, 5.41) is 41.3. The van der Waals surface area contributed by atoms with Gasteiger partial charge in [0.1, 0.15) is 18.1 Å². The topological polar surface area (TPSA) is 228 Å². The van der Waals surface area contributed by atoms with Crippen molar-refractivity contribution in [1.29, 1.82) is 0 Å². The predicted octanol–water partition coefficient (Wildman–Crippen LogP) is -5.06. The zero-order chi connectivity index (χ0) is 19.6. The number of aliphatic hydroxyl groups is 2. The molecule has 0 bridgehead atoms. The Balaban J connectivity index is 5.10. The second-order valence-corrected chi connectivity index (χ2v) is 4.75. The van der Waals surface area contributed by atoms with Gasteiger partial charge in [-0.3, -0.25) is 19.2 Å². The van der Waals surface area contributed by atoms with Crippen LogP contribution in [0.25, 0.3) is 0 Å². The molecule has 9 N–H and O–H groups in total. The van der Waals surface area contributed by atoms with Crippen LogP contribution in [0.15, 0.2) is 0 Å². The molecule has 0 fully saturated rings. The van der Waals surface area contributed by atoms with Crippen LogP contribution in [0.3, 0.4) is 0 Å². The lowest BCUT2D eigenvalue weighted by Gasteiger charge is -2.22. The van der Waals surface area contributed by atoms with Gasteiger partial charge in [0.25, 0.3) is 0 Å². The molecule has 0 aliphatic rings. The van der Waals surface area contributed by atoms with Crippen molar-refractivity contribution < 1.29 is 44.4 Å². The molecule has 3 unspecified atom stereocenters. The minimum atomic E-state index is -1.71. The van der Waals surface area contributed by atoms with Gasteiger partial charge in [0.15, 0.2) is 0 Å². The van der Waals surface area contributed by atoms with E-state index >= 15 is 0 Å². The van der Waals surface area contributed by atoms with Crippen LogP contribution in [0.4, 0.5) is 0 Å². The van der Waals surface area contributed by atoms with E-state index in [1.807, 2.05) is 16.0 Å². The van der Waals surface area contributed by atoms with Crippen LogP contribution in [-0.2, 0) is 24.0 Å². The predicted molar refractivity (Wildman–Crippen MR) is 78.9 cm³/mol. The van der Waals surface area contributed by atoms with Gasteiger partial charge in [-0.15, -0.1) is 0 Å². The van der Waals surface area contributed by atoms with E-state index in [1.54, 1.807) is 0 Å². The molecule has 0 saturated heterocycles. The number of aliphatic carboxylic acids is 2. The number of carboxylic acids is 2. The molecule has 0 aromatic carbocycles. The molecule has 0 aromatic heterocycles. The van der Waals surface area contributed by atoms with Crippen LogP contribution >= 0.6 is 0 Å². The van der Waals surface area contributed by atoms with Crippen molar-refractivity contribution >= 4 is 29.7 Å². The Morgan fingerprint density at radius 3 is 1.68 bits per heavy atom. The number of hydrogen-bond donors (Lipinski definition) is 8. The molecule has 0 heterocycles. The van der Waals surface area contributed by atoms with Gasteiger partial charge in [-0.1, -0.05) is 0 Å². The first-order valence-corrected chi connectivity index (χ1v) is 6.92. The Hall–Kier alpha value is -2.77. The van der Waals surface area contributed by atoms with Crippen molar-refractivity contribution in [3.8, 4) is 0 Å². The number of aliphatic hydroxyl groups excluding tert-OH is 2. The summed E-state index contributed by atoms with van der Waals surface area (Å²) < 4.78 is 0. The van der Waals surface area contributed by atoms with Gasteiger partial charge in [-0.2, -0.15) is 0 Å². The third-order valence-electron chi connectivity index (χ3n) is 2.83. The monoisotopic (exact) mass is 364 g/mol. The van der Waals surface area contributed by atoms with Gasteiger partial charge >= 0.3 is 11.9 Å². The van der Waals surface area contributed by atoms with E-state index in [-0.39, 0.29) is 0 Å². The van der Waals surface area contributed by atoms with Crippen LogP contribution < -0.4 is 21.7 Å². The van der Waals surface area contributed by atoms with E-state index in [1.165, 1.54) is 0 Å². The number of carbonyl (C=O) groups is 5. The first-order valence-electron chi connectivity index (χ1n) is 6.92. The van der Waals surface area contributed by atoms with Crippen LogP contribution in [0.5, 0.6) is 0 Å². The normalized spacial score (nSPS) is 13.9. The smallest absolute Gasteiger partial charge is 0.328 e. The highest BCUT2D eigenvalue weighted by atomic mass is 16.4. The van der Waals surface area contributed by atoms with Crippen molar-refractivity contribution in [2.75, 3.05) is 19.8 Å². The molecular weight excluding hydrogens is 344 g/mol. The van der Waals surface area contributed by atoms with E-state index in [9.17, 15) is 24.0 Å². The second kappa shape index (κ2) is 10.9. The second-order valence-electron chi connectivity index (χ2n) is 4.75. The summed E-state index contributed by atoms with van der Waals surface area (Å²) >= 11 is 0. The van der Waals surface area contributed by atoms with Crippen molar-refractivity contribution in [2.45, 2.75) is 24.5 Å². The third kappa shape index (κ3) is 8.05. The Labute approximate surface area is 141 Å². The number of carboxylic acid groups (broad SMARTS) is 2. The fraction of sp³-hybridized carbons (Fsp3) is 0.583. The van der Waals surface area contributed by atoms with Crippen molar-refractivity contribution in [1.82, 2.24) is 16.0 Å². The molecule has 3 atom stereocenters. The molecule has 0 aromatic rings. The molecular formula is C12H20N4O9. The number of hydrogen-bond acceptors (Lipinski definition) is 8. The molecule has 0 spiro atoms. The van der Waals surface area contributed by atoms with Crippen LogP contribution in [0.2, 0.25) is 0 Å². The van der Waals surface area contributed by atoms with Gasteiger partial charge in [-0.25, -0.2) is 4.79 Å². The summed E-state index contributed by atoms with van der Waals surface area (Å²) in [5.74, 6) is -6.09. The average Bonchev–Trinajstić information content (AvgIpc) is 2.55. The summed E-state index contributed by atoms with van der Waals surface area (Å²) in [6, 6.07) is -4.90.